The summed E-state index contributed by atoms with van der Waals surface area (Å²) >= 11 is 0. The molecular formula is C17H17N7. The summed E-state index contributed by atoms with van der Waals surface area (Å²) in [6.07, 6.45) is 5.07. The van der Waals surface area contributed by atoms with Crippen molar-refractivity contribution >= 4 is 23.3 Å². The predicted octanol–water partition coefficient (Wildman–Crippen LogP) is 2.49. The molecule has 0 saturated carbocycles. The molecule has 0 radical (unpaired) electrons. The van der Waals surface area contributed by atoms with Crippen LogP contribution in [-0.2, 0) is 0 Å². The van der Waals surface area contributed by atoms with Crippen LogP contribution in [0.15, 0.2) is 60.0 Å². The minimum atomic E-state index is 0.187. The maximum Gasteiger partial charge on any atom is 0.253 e. The Morgan fingerprint density at radius 2 is 2.04 bits per heavy atom. The number of anilines is 2. The van der Waals surface area contributed by atoms with Crippen LogP contribution in [-0.4, -0.2) is 20.9 Å². The van der Waals surface area contributed by atoms with Gasteiger partial charge in [-0.25, -0.2) is 9.97 Å². The first-order chi connectivity index (χ1) is 11.6. The molecule has 0 saturated heterocycles. The Kier molecular flexibility index (Phi) is 4.33. The molecule has 0 unspecified atom stereocenters. The molecule has 0 atom stereocenters. The van der Waals surface area contributed by atoms with Gasteiger partial charge in [-0.05, 0) is 42.8 Å². The van der Waals surface area contributed by atoms with Crippen LogP contribution >= 0.6 is 0 Å². The van der Waals surface area contributed by atoms with Crippen molar-refractivity contribution in [2.24, 2.45) is 10.7 Å². The second-order valence-electron chi connectivity index (χ2n) is 5.18. The highest BCUT2D eigenvalue weighted by atomic mass is 15.2. The lowest BCUT2D eigenvalue weighted by molar-refractivity contribution is 1.13. The number of benzene rings is 1. The van der Waals surface area contributed by atoms with Crippen molar-refractivity contribution < 1.29 is 0 Å². The van der Waals surface area contributed by atoms with Crippen molar-refractivity contribution in [1.82, 2.24) is 15.0 Å². The van der Waals surface area contributed by atoms with Crippen LogP contribution in [0.1, 0.15) is 5.56 Å². The number of aryl methyl sites for hydroxylation is 1. The number of aliphatic imine (C=N–C) groups is 1. The van der Waals surface area contributed by atoms with Gasteiger partial charge < -0.3 is 16.8 Å². The predicted molar refractivity (Wildman–Crippen MR) is 95.8 cm³/mol. The monoisotopic (exact) mass is 319 g/mol. The SMILES string of the molecule is Cc1ccc(N)cc1NC(N)=Nc1nccc(-c2cccnc2)n1. The van der Waals surface area contributed by atoms with Crippen molar-refractivity contribution in [3.63, 3.8) is 0 Å². The summed E-state index contributed by atoms with van der Waals surface area (Å²) < 4.78 is 0. The number of hydrogen-bond donors (Lipinski definition) is 3. The molecular weight excluding hydrogens is 302 g/mol. The molecule has 2 aromatic heterocycles. The number of nitrogens with one attached hydrogen (secondary N) is 1. The average molecular weight is 319 g/mol. The normalized spacial score (nSPS) is 11.3. The topological polar surface area (TPSA) is 115 Å². The van der Waals surface area contributed by atoms with Crippen molar-refractivity contribution in [1.29, 1.82) is 0 Å². The molecule has 0 amide bonds. The number of rotatable bonds is 3. The Bertz CT molecular complexity index is 875. The molecule has 7 heteroatoms. The molecule has 0 aliphatic rings. The highest BCUT2D eigenvalue weighted by Gasteiger charge is 2.04. The van der Waals surface area contributed by atoms with Gasteiger partial charge in [0.1, 0.15) is 0 Å². The lowest BCUT2D eigenvalue weighted by Crippen LogP contribution is -2.22. The van der Waals surface area contributed by atoms with Gasteiger partial charge in [0.15, 0.2) is 0 Å². The standard InChI is InChI=1S/C17H17N7/c1-11-4-5-13(18)9-15(11)22-16(19)24-17-21-8-6-14(23-17)12-3-2-7-20-10-12/h2-10H,18H2,1H3,(H3,19,21,22,23,24). The van der Waals surface area contributed by atoms with E-state index in [1.54, 1.807) is 30.7 Å². The summed E-state index contributed by atoms with van der Waals surface area (Å²) in [5.74, 6) is 0.454. The number of guanidine groups is 1. The smallest absolute Gasteiger partial charge is 0.253 e. The number of hydrogen-bond acceptors (Lipinski definition) is 5. The Morgan fingerprint density at radius 3 is 2.83 bits per heavy atom. The molecule has 1 aromatic carbocycles. The Balaban J connectivity index is 1.84. The fraction of sp³-hybridized carbons (Fsp3) is 0.0588. The third-order valence-electron chi connectivity index (χ3n) is 3.34. The summed E-state index contributed by atoms with van der Waals surface area (Å²) in [4.78, 5) is 16.8. The second kappa shape index (κ2) is 6.74. The Morgan fingerprint density at radius 1 is 1.17 bits per heavy atom. The minimum absolute atomic E-state index is 0.187. The second-order valence-corrected chi connectivity index (χ2v) is 5.18. The van der Waals surface area contributed by atoms with E-state index >= 15 is 0 Å². The van der Waals surface area contributed by atoms with Crippen LogP contribution < -0.4 is 16.8 Å². The van der Waals surface area contributed by atoms with E-state index in [2.05, 4.69) is 25.3 Å². The van der Waals surface area contributed by atoms with Crippen LogP contribution in [0.4, 0.5) is 17.3 Å². The van der Waals surface area contributed by atoms with E-state index in [1.807, 2.05) is 31.2 Å². The lowest BCUT2D eigenvalue weighted by Gasteiger charge is -2.09. The van der Waals surface area contributed by atoms with Crippen LogP contribution in [0, 0.1) is 6.92 Å². The molecule has 3 aromatic rings. The van der Waals surface area contributed by atoms with Crippen LogP contribution in [0.5, 0.6) is 0 Å². The first-order valence-electron chi connectivity index (χ1n) is 7.32. The molecule has 3 rings (SSSR count). The van der Waals surface area contributed by atoms with E-state index in [0.717, 1.165) is 22.5 Å². The van der Waals surface area contributed by atoms with E-state index in [4.69, 9.17) is 11.5 Å². The molecule has 120 valence electrons. The highest BCUT2D eigenvalue weighted by molar-refractivity contribution is 5.94. The molecule has 0 spiro atoms. The maximum absolute atomic E-state index is 5.95. The van der Waals surface area contributed by atoms with Gasteiger partial charge in [-0.15, -0.1) is 0 Å². The van der Waals surface area contributed by atoms with E-state index in [0.29, 0.717) is 5.69 Å². The van der Waals surface area contributed by atoms with E-state index in [9.17, 15) is 0 Å². The van der Waals surface area contributed by atoms with Crippen LogP contribution in [0.2, 0.25) is 0 Å². The molecule has 0 bridgehead atoms. The number of aromatic nitrogens is 3. The van der Waals surface area contributed by atoms with Gasteiger partial charge in [0.25, 0.3) is 5.95 Å². The minimum Gasteiger partial charge on any atom is -0.399 e. The molecule has 0 aliphatic carbocycles. The van der Waals surface area contributed by atoms with Crippen molar-refractivity contribution in [3.8, 4) is 11.3 Å². The highest BCUT2D eigenvalue weighted by Crippen LogP contribution is 2.19. The van der Waals surface area contributed by atoms with Gasteiger partial charge in [-0.3, -0.25) is 4.98 Å². The third kappa shape index (κ3) is 3.64. The van der Waals surface area contributed by atoms with Gasteiger partial charge in [0, 0.05) is 35.5 Å². The summed E-state index contributed by atoms with van der Waals surface area (Å²) in [5, 5.41) is 3.01. The summed E-state index contributed by atoms with van der Waals surface area (Å²) in [6, 6.07) is 11.1. The number of nitrogens with two attached hydrogens (primary N) is 2. The van der Waals surface area contributed by atoms with Gasteiger partial charge in [-0.1, -0.05) is 6.07 Å². The molecule has 0 fully saturated rings. The van der Waals surface area contributed by atoms with Crippen LogP contribution in [0.25, 0.3) is 11.3 Å². The first-order valence-corrected chi connectivity index (χ1v) is 7.32. The number of pyridine rings is 1. The van der Waals surface area contributed by atoms with Crippen molar-refractivity contribution in [3.05, 3.63) is 60.6 Å². The molecule has 0 aliphatic heterocycles. The molecule has 5 N–H and O–H groups in total. The zero-order valence-corrected chi connectivity index (χ0v) is 13.1. The third-order valence-corrected chi connectivity index (χ3v) is 3.34. The molecule has 2 heterocycles. The summed E-state index contributed by atoms with van der Waals surface area (Å²) in [5.41, 5.74) is 15.8. The molecule has 7 nitrogen and oxygen atoms in total. The number of nitrogens with zero attached hydrogens (tertiary/aromatic N) is 4. The van der Waals surface area contributed by atoms with Gasteiger partial charge in [0.2, 0.25) is 5.96 Å². The van der Waals surface area contributed by atoms with Gasteiger partial charge in [0.05, 0.1) is 5.69 Å². The van der Waals surface area contributed by atoms with E-state index in [1.165, 1.54) is 0 Å². The lowest BCUT2D eigenvalue weighted by atomic mass is 10.2. The first kappa shape index (κ1) is 15.4. The average Bonchev–Trinajstić information content (AvgIpc) is 2.59. The number of nitrogen functional groups attached to an aromatic ring is 1. The van der Waals surface area contributed by atoms with Crippen molar-refractivity contribution in [2.75, 3.05) is 11.1 Å². The summed E-state index contributed by atoms with van der Waals surface area (Å²) in [6.45, 7) is 1.95. The largest absolute Gasteiger partial charge is 0.399 e. The fourth-order valence-electron chi connectivity index (χ4n) is 2.13. The molecule has 24 heavy (non-hydrogen) atoms. The zero-order valence-electron chi connectivity index (χ0n) is 13.1. The van der Waals surface area contributed by atoms with E-state index < -0.39 is 0 Å². The Hall–Kier alpha value is -3.48. The maximum atomic E-state index is 5.95. The van der Waals surface area contributed by atoms with Crippen molar-refractivity contribution in [2.45, 2.75) is 6.92 Å². The van der Waals surface area contributed by atoms with Gasteiger partial charge >= 0.3 is 0 Å². The quantitative estimate of drug-likeness (QED) is 0.388. The Labute approximate surface area is 139 Å². The van der Waals surface area contributed by atoms with Gasteiger partial charge in [-0.2, -0.15) is 4.99 Å². The zero-order chi connectivity index (χ0) is 16.9. The van der Waals surface area contributed by atoms with E-state index in [-0.39, 0.29) is 11.9 Å². The van der Waals surface area contributed by atoms with Crippen LogP contribution in [0.3, 0.4) is 0 Å². The fourth-order valence-corrected chi connectivity index (χ4v) is 2.13. The summed E-state index contributed by atoms with van der Waals surface area (Å²) in [7, 11) is 0.